The summed E-state index contributed by atoms with van der Waals surface area (Å²) in [5.74, 6) is 1.81. The van der Waals surface area contributed by atoms with Crippen molar-refractivity contribution in [1.82, 2.24) is 10.6 Å². The highest BCUT2D eigenvalue weighted by atomic mass is 32.2. The van der Waals surface area contributed by atoms with E-state index in [4.69, 9.17) is 5.11 Å². The van der Waals surface area contributed by atoms with Crippen molar-refractivity contribution in [2.24, 2.45) is 10.9 Å². The molecule has 3 N–H and O–H groups in total. The van der Waals surface area contributed by atoms with Gasteiger partial charge in [-0.05, 0) is 46.5 Å². The number of aliphatic hydroxyl groups excluding tert-OH is 1. The SMILES string of the molecule is CCCC(CCO)CN=C(NCC)NCCS(=O)C(C)(C)C. The van der Waals surface area contributed by atoms with Crippen LogP contribution in [0.5, 0.6) is 0 Å². The fourth-order valence-corrected chi connectivity index (χ4v) is 2.95. The Morgan fingerprint density at radius 1 is 1.23 bits per heavy atom. The van der Waals surface area contributed by atoms with E-state index in [-0.39, 0.29) is 11.4 Å². The predicted molar refractivity (Wildman–Crippen MR) is 96.8 cm³/mol. The molecular formula is C16H35N3O2S. The number of guanidine groups is 1. The molecule has 0 saturated carbocycles. The Labute approximate surface area is 138 Å². The zero-order chi connectivity index (χ0) is 17.0. The fourth-order valence-electron chi connectivity index (χ4n) is 2.05. The Balaban J connectivity index is 4.39. The monoisotopic (exact) mass is 333 g/mol. The minimum absolute atomic E-state index is 0.176. The summed E-state index contributed by atoms with van der Waals surface area (Å²) in [4.78, 5) is 4.59. The number of nitrogens with one attached hydrogen (secondary N) is 2. The van der Waals surface area contributed by atoms with E-state index in [1.54, 1.807) is 0 Å². The number of rotatable bonds is 10. The fraction of sp³-hybridized carbons (Fsp3) is 0.938. The number of nitrogens with zero attached hydrogens (tertiary/aromatic N) is 1. The summed E-state index contributed by atoms with van der Waals surface area (Å²) < 4.78 is 11.8. The normalized spacial score (nSPS) is 15.5. The summed E-state index contributed by atoms with van der Waals surface area (Å²) in [7, 11) is -0.855. The standard InChI is InChI=1S/C16H35N3O2S/c1-6-8-14(9-11-20)13-19-15(17-7-2)18-10-12-22(21)16(3,4)5/h14,20H,6-13H2,1-5H3,(H2,17,18,19). The van der Waals surface area contributed by atoms with Gasteiger partial charge in [-0.3, -0.25) is 9.20 Å². The van der Waals surface area contributed by atoms with E-state index in [1.165, 1.54) is 0 Å². The average Bonchev–Trinajstić information content (AvgIpc) is 2.43. The van der Waals surface area contributed by atoms with Crippen LogP contribution in [0.2, 0.25) is 0 Å². The Hall–Kier alpha value is -0.620. The lowest BCUT2D eigenvalue weighted by Gasteiger charge is -2.19. The molecule has 2 atom stereocenters. The summed E-state index contributed by atoms with van der Waals surface area (Å²) in [5, 5.41) is 15.6. The molecule has 0 heterocycles. The molecule has 0 aliphatic rings. The third kappa shape index (κ3) is 10.2. The second-order valence-corrected chi connectivity index (χ2v) is 8.80. The molecule has 0 aromatic heterocycles. The summed E-state index contributed by atoms with van der Waals surface area (Å²) in [6.45, 7) is 12.5. The maximum atomic E-state index is 12.0. The van der Waals surface area contributed by atoms with Gasteiger partial charge in [-0.25, -0.2) is 0 Å². The van der Waals surface area contributed by atoms with Gasteiger partial charge < -0.3 is 15.7 Å². The predicted octanol–water partition coefficient (Wildman–Crippen LogP) is 1.89. The van der Waals surface area contributed by atoms with Gasteiger partial charge >= 0.3 is 0 Å². The van der Waals surface area contributed by atoms with Crippen LogP contribution < -0.4 is 10.6 Å². The van der Waals surface area contributed by atoms with Gasteiger partial charge in [0.2, 0.25) is 0 Å². The molecule has 0 aromatic rings. The Bertz CT molecular complexity index is 335. The molecule has 0 saturated heterocycles. The number of aliphatic hydroxyl groups is 1. The van der Waals surface area contributed by atoms with Crippen molar-refractivity contribution in [2.75, 3.05) is 32.0 Å². The molecule has 0 aromatic carbocycles. The largest absolute Gasteiger partial charge is 0.396 e. The molecule has 2 unspecified atom stereocenters. The maximum Gasteiger partial charge on any atom is 0.191 e. The van der Waals surface area contributed by atoms with Gasteiger partial charge in [-0.1, -0.05) is 13.3 Å². The molecular weight excluding hydrogens is 298 g/mol. The highest BCUT2D eigenvalue weighted by molar-refractivity contribution is 7.86. The van der Waals surface area contributed by atoms with Gasteiger partial charge in [0.05, 0.1) is 0 Å². The Morgan fingerprint density at radius 3 is 2.41 bits per heavy atom. The first-order valence-electron chi connectivity index (χ1n) is 8.36. The van der Waals surface area contributed by atoms with Crippen LogP contribution in [0.3, 0.4) is 0 Å². The molecule has 132 valence electrons. The van der Waals surface area contributed by atoms with E-state index >= 15 is 0 Å². The van der Waals surface area contributed by atoms with Gasteiger partial charge in [0.25, 0.3) is 0 Å². The lowest BCUT2D eigenvalue weighted by atomic mass is 10.0. The second-order valence-electron chi connectivity index (χ2n) is 6.48. The first-order chi connectivity index (χ1) is 10.3. The van der Waals surface area contributed by atoms with Crippen molar-refractivity contribution in [2.45, 2.75) is 58.6 Å². The van der Waals surface area contributed by atoms with E-state index in [0.717, 1.165) is 31.8 Å². The van der Waals surface area contributed by atoms with E-state index in [2.05, 4.69) is 22.5 Å². The zero-order valence-electron chi connectivity index (χ0n) is 14.9. The molecule has 0 radical (unpaired) electrons. The second kappa shape index (κ2) is 11.9. The topological polar surface area (TPSA) is 73.7 Å². The lowest BCUT2D eigenvalue weighted by Crippen LogP contribution is -2.40. The first-order valence-corrected chi connectivity index (χ1v) is 9.68. The first kappa shape index (κ1) is 21.4. The maximum absolute atomic E-state index is 12.0. The van der Waals surface area contributed by atoms with Crippen LogP contribution in [0.4, 0.5) is 0 Å². The minimum Gasteiger partial charge on any atom is -0.396 e. The number of aliphatic imine (C=N–C) groups is 1. The molecule has 6 heteroatoms. The van der Waals surface area contributed by atoms with E-state index in [1.807, 2.05) is 27.7 Å². The summed E-state index contributed by atoms with van der Waals surface area (Å²) in [5.41, 5.74) is 0. The summed E-state index contributed by atoms with van der Waals surface area (Å²) >= 11 is 0. The quantitative estimate of drug-likeness (QED) is 0.422. The van der Waals surface area contributed by atoms with Crippen molar-refractivity contribution in [1.29, 1.82) is 0 Å². The highest BCUT2D eigenvalue weighted by Crippen LogP contribution is 2.11. The van der Waals surface area contributed by atoms with Crippen molar-refractivity contribution in [3.05, 3.63) is 0 Å². The molecule has 0 bridgehead atoms. The Morgan fingerprint density at radius 2 is 1.91 bits per heavy atom. The number of hydrogen-bond donors (Lipinski definition) is 3. The number of hydrogen-bond acceptors (Lipinski definition) is 3. The van der Waals surface area contributed by atoms with Crippen LogP contribution in [0.25, 0.3) is 0 Å². The summed E-state index contributed by atoms with van der Waals surface area (Å²) in [6.07, 6.45) is 2.98. The van der Waals surface area contributed by atoms with Gasteiger partial charge in [-0.15, -0.1) is 0 Å². The van der Waals surface area contributed by atoms with Crippen molar-refractivity contribution in [3.63, 3.8) is 0 Å². The van der Waals surface area contributed by atoms with Crippen molar-refractivity contribution in [3.8, 4) is 0 Å². The van der Waals surface area contributed by atoms with E-state index in [0.29, 0.717) is 24.8 Å². The zero-order valence-corrected chi connectivity index (χ0v) is 15.8. The van der Waals surface area contributed by atoms with Crippen molar-refractivity contribution >= 4 is 16.8 Å². The summed E-state index contributed by atoms with van der Waals surface area (Å²) in [6, 6.07) is 0. The Kier molecular flexibility index (Phi) is 11.5. The molecule has 0 aliphatic carbocycles. The van der Waals surface area contributed by atoms with Gasteiger partial charge in [-0.2, -0.15) is 0 Å². The molecule has 0 rings (SSSR count). The van der Waals surface area contributed by atoms with Crippen molar-refractivity contribution < 1.29 is 9.32 Å². The average molecular weight is 334 g/mol. The van der Waals surface area contributed by atoms with Gasteiger partial charge in [0.1, 0.15) is 0 Å². The third-order valence-corrected chi connectivity index (χ3v) is 5.29. The van der Waals surface area contributed by atoms with E-state index < -0.39 is 10.8 Å². The van der Waals surface area contributed by atoms with Gasteiger partial charge in [0.15, 0.2) is 5.96 Å². The third-order valence-electron chi connectivity index (χ3n) is 3.35. The molecule has 0 spiro atoms. The van der Waals surface area contributed by atoms with Crippen LogP contribution in [0, 0.1) is 5.92 Å². The van der Waals surface area contributed by atoms with Gasteiger partial charge in [0, 0.05) is 47.5 Å². The van der Waals surface area contributed by atoms with Crippen LogP contribution in [-0.4, -0.2) is 52.0 Å². The molecule has 0 aliphatic heterocycles. The lowest BCUT2D eigenvalue weighted by molar-refractivity contribution is 0.253. The van der Waals surface area contributed by atoms with Crippen LogP contribution in [0.15, 0.2) is 4.99 Å². The highest BCUT2D eigenvalue weighted by Gasteiger charge is 2.18. The smallest absolute Gasteiger partial charge is 0.191 e. The molecule has 0 fully saturated rings. The van der Waals surface area contributed by atoms with Crippen LogP contribution in [-0.2, 0) is 10.8 Å². The van der Waals surface area contributed by atoms with E-state index in [9.17, 15) is 4.21 Å². The van der Waals surface area contributed by atoms with Crippen LogP contribution in [0.1, 0.15) is 53.9 Å². The molecule has 22 heavy (non-hydrogen) atoms. The van der Waals surface area contributed by atoms with Crippen LogP contribution >= 0.6 is 0 Å². The minimum atomic E-state index is -0.855. The molecule has 5 nitrogen and oxygen atoms in total. The molecule has 0 amide bonds.